The number of rotatable bonds is 2. The molecule has 2 rings (SSSR count). The maximum absolute atomic E-state index is 12.9. The first-order valence-corrected chi connectivity index (χ1v) is 5.95. The third-order valence-corrected chi connectivity index (χ3v) is 3.52. The van der Waals surface area contributed by atoms with E-state index in [-0.39, 0.29) is 18.5 Å². The van der Waals surface area contributed by atoms with Crippen LogP contribution in [-0.2, 0) is 0 Å². The Balaban J connectivity index is 2.20. The van der Waals surface area contributed by atoms with Gasteiger partial charge in [-0.05, 0) is 38.2 Å². The first-order chi connectivity index (χ1) is 8.11. The molecule has 17 heavy (non-hydrogen) atoms. The molecule has 4 heteroatoms. The van der Waals surface area contributed by atoms with Crippen molar-refractivity contribution in [3.63, 3.8) is 0 Å². The van der Waals surface area contributed by atoms with Crippen LogP contribution in [0.2, 0.25) is 0 Å². The zero-order valence-corrected chi connectivity index (χ0v) is 10.3. The summed E-state index contributed by atoms with van der Waals surface area (Å²) in [6, 6.07) is 7.00. The average molecular weight is 238 g/mol. The van der Waals surface area contributed by atoms with Gasteiger partial charge in [-0.3, -0.25) is 4.90 Å². The van der Waals surface area contributed by atoms with E-state index in [0.717, 1.165) is 18.8 Å². The van der Waals surface area contributed by atoms with Gasteiger partial charge in [0.25, 0.3) is 0 Å². The summed E-state index contributed by atoms with van der Waals surface area (Å²) in [4.78, 5) is 4.39. The van der Waals surface area contributed by atoms with E-state index in [1.807, 2.05) is 0 Å². The van der Waals surface area contributed by atoms with Gasteiger partial charge in [0.15, 0.2) is 0 Å². The van der Waals surface area contributed by atoms with Crippen LogP contribution in [0.3, 0.4) is 0 Å². The highest BCUT2D eigenvalue weighted by molar-refractivity contribution is 5.48. The maximum Gasteiger partial charge on any atom is 0.123 e. The van der Waals surface area contributed by atoms with Crippen molar-refractivity contribution in [3.8, 4) is 0 Å². The first kappa shape index (κ1) is 12.3. The van der Waals surface area contributed by atoms with Crippen LogP contribution in [0.25, 0.3) is 0 Å². The van der Waals surface area contributed by atoms with Crippen molar-refractivity contribution in [1.82, 2.24) is 4.90 Å². The molecule has 1 aromatic rings. The Labute approximate surface area is 101 Å². The Bertz CT molecular complexity index is 368. The van der Waals surface area contributed by atoms with Gasteiger partial charge in [0.05, 0.1) is 12.6 Å². The number of benzene rings is 1. The minimum absolute atomic E-state index is 0.0849. The van der Waals surface area contributed by atoms with Crippen molar-refractivity contribution < 1.29 is 9.50 Å². The Morgan fingerprint density at radius 3 is 2.53 bits per heavy atom. The predicted octanol–water partition coefficient (Wildman–Crippen LogP) is 1.33. The monoisotopic (exact) mass is 238 g/mol. The minimum atomic E-state index is -0.225. The van der Waals surface area contributed by atoms with Crippen molar-refractivity contribution in [2.75, 3.05) is 31.6 Å². The number of aliphatic hydroxyl groups excluding tert-OH is 1. The molecule has 0 amide bonds. The number of nitrogens with zero attached hydrogens (tertiary/aromatic N) is 2. The van der Waals surface area contributed by atoms with E-state index in [9.17, 15) is 9.50 Å². The summed E-state index contributed by atoms with van der Waals surface area (Å²) in [6.07, 6.45) is 0. The number of hydrogen-bond acceptors (Lipinski definition) is 3. The van der Waals surface area contributed by atoms with Gasteiger partial charge in [-0.2, -0.15) is 0 Å². The lowest BCUT2D eigenvalue weighted by molar-refractivity contribution is 0.155. The van der Waals surface area contributed by atoms with E-state index in [0.29, 0.717) is 6.04 Å². The molecular formula is C13H19FN2O. The molecule has 0 radical (unpaired) electrons. The number of hydrogen-bond donors (Lipinski definition) is 1. The predicted molar refractivity (Wildman–Crippen MR) is 66.7 cm³/mol. The second kappa shape index (κ2) is 5.02. The summed E-state index contributed by atoms with van der Waals surface area (Å²) in [6.45, 7) is 3.96. The number of piperazine rings is 1. The second-order valence-corrected chi connectivity index (χ2v) is 4.75. The van der Waals surface area contributed by atoms with Gasteiger partial charge in [-0.25, -0.2) is 4.39 Å². The number of aliphatic hydroxyl groups is 1. The summed E-state index contributed by atoms with van der Waals surface area (Å²) in [5, 5.41) is 9.44. The molecule has 0 bridgehead atoms. The molecule has 0 saturated carbocycles. The third kappa shape index (κ3) is 2.58. The third-order valence-electron chi connectivity index (χ3n) is 3.52. The van der Waals surface area contributed by atoms with Crippen LogP contribution in [-0.4, -0.2) is 48.8 Å². The Hall–Kier alpha value is -1.13. The lowest BCUT2D eigenvalue weighted by atomic mass is 10.1. The Kier molecular flexibility index (Phi) is 3.64. The first-order valence-electron chi connectivity index (χ1n) is 5.95. The molecule has 1 aromatic carbocycles. The fraction of sp³-hybridized carbons (Fsp3) is 0.538. The zero-order chi connectivity index (χ0) is 12.4. The van der Waals surface area contributed by atoms with Crippen molar-refractivity contribution in [2.45, 2.75) is 19.0 Å². The highest BCUT2D eigenvalue weighted by Crippen LogP contribution is 2.22. The number of likely N-dealkylation sites (N-methyl/N-ethyl adjacent to an activating group) is 1. The zero-order valence-electron chi connectivity index (χ0n) is 10.3. The molecular weight excluding hydrogens is 219 g/mol. The molecule has 1 saturated heterocycles. The summed E-state index contributed by atoms with van der Waals surface area (Å²) in [5.41, 5.74) is 0.977. The van der Waals surface area contributed by atoms with Crippen LogP contribution >= 0.6 is 0 Å². The van der Waals surface area contributed by atoms with Crippen LogP contribution in [0, 0.1) is 5.82 Å². The molecule has 1 aliphatic heterocycles. The summed E-state index contributed by atoms with van der Waals surface area (Å²) in [5.74, 6) is -0.225. The van der Waals surface area contributed by atoms with Crippen LogP contribution < -0.4 is 4.90 Å². The van der Waals surface area contributed by atoms with Crippen LogP contribution in [0.1, 0.15) is 6.92 Å². The van der Waals surface area contributed by atoms with Crippen LogP contribution in [0.4, 0.5) is 10.1 Å². The Morgan fingerprint density at radius 2 is 1.94 bits per heavy atom. The average Bonchev–Trinajstić information content (AvgIpc) is 2.33. The lowest BCUT2D eigenvalue weighted by Crippen LogP contribution is -2.57. The molecule has 0 spiro atoms. The minimum Gasteiger partial charge on any atom is -0.394 e. The fourth-order valence-corrected chi connectivity index (χ4v) is 2.29. The van der Waals surface area contributed by atoms with Crippen LogP contribution in [0.15, 0.2) is 24.3 Å². The van der Waals surface area contributed by atoms with E-state index >= 15 is 0 Å². The summed E-state index contributed by atoms with van der Waals surface area (Å²) >= 11 is 0. The van der Waals surface area contributed by atoms with E-state index in [1.54, 1.807) is 12.1 Å². The smallest absolute Gasteiger partial charge is 0.123 e. The number of anilines is 1. The van der Waals surface area contributed by atoms with E-state index in [1.165, 1.54) is 12.1 Å². The molecule has 1 aliphatic rings. The normalized spacial score (nSPS) is 26.2. The van der Waals surface area contributed by atoms with E-state index < -0.39 is 0 Å². The van der Waals surface area contributed by atoms with Gasteiger partial charge in [-0.15, -0.1) is 0 Å². The molecule has 1 fully saturated rings. The van der Waals surface area contributed by atoms with Crippen molar-refractivity contribution in [1.29, 1.82) is 0 Å². The highest BCUT2D eigenvalue weighted by Gasteiger charge is 2.29. The standard InChI is InChI=1S/C13H19FN2O/c1-10-7-16(13(9-17)8-15(10)2)12-5-3-11(14)4-6-12/h3-6,10,13,17H,7-9H2,1-2H3. The quantitative estimate of drug-likeness (QED) is 0.842. The molecule has 3 nitrogen and oxygen atoms in total. The largest absolute Gasteiger partial charge is 0.394 e. The topological polar surface area (TPSA) is 26.7 Å². The van der Waals surface area contributed by atoms with Gasteiger partial charge in [0.1, 0.15) is 5.82 Å². The van der Waals surface area contributed by atoms with Gasteiger partial charge < -0.3 is 10.0 Å². The summed E-state index contributed by atoms with van der Waals surface area (Å²) in [7, 11) is 2.06. The SMILES string of the molecule is CC1CN(c2ccc(F)cc2)C(CO)CN1C. The van der Waals surface area contributed by atoms with E-state index in [2.05, 4.69) is 23.8 Å². The molecule has 0 aromatic heterocycles. The molecule has 0 aliphatic carbocycles. The summed E-state index contributed by atoms with van der Waals surface area (Å²) < 4.78 is 12.9. The van der Waals surface area contributed by atoms with Crippen molar-refractivity contribution in [2.24, 2.45) is 0 Å². The van der Waals surface area contributed by atoms with E-state index in [4.69, 9.17) is 0 Å². The van der Waals surface area contributed by atoms with Gasteiger partial charge in [0, 0.05) is 24.8 Å². The fourth-order valence-electron chi connectivity index (χ4n) is 2.29. The van der Waals surface area contributed by atoms with Gasteiger partial charge >= 0.3 is 0 Å². The number of halogens is 1. The van der Waals surface area contributed by atoms with Crippen molar-refractivity contribution in [3.05, 3.63) is 30.1 Å². The molecule has 2 atom stereocenters. The molecule has 1 N–H and O–H groups in total. The van der Waals surface area contributed by atoms with Gasteiger partial charge in [-0.1, -0.05) is 0 Å². The second-order valence-electron chi connectivity index (χ2n) is 4.75. The molecule has 94 valence electrons. The Morgan fingerprint density at radius 1 is 1.29 bits per heavy atom. The molecule has 1 heterocycles. The molecule has 2 unspecified atom stereocenters. The van der Waals surface area contributed by atoms with Crippen molar-refractivity contribution >= 4 is 5.69 Å². The highest BCUT2D eigenvalue weighted by atomic mass is 19.1. The van der Waals surface area contributed by atoms with Gasteiger partial charge in [0.2, 0.25) is 0 Å². The lowest BCUT2D eigenvalue weighted by Gasteiger charge is -2.44. The van der Waals surface area contributed by atoms with Crippen LogP contribution in [0.5, 0.6) is 0 Å². The maximum atomic E-state index is 12.9.